The first-order valence-corrected chi connectivity index (χ1v) is 4.13. The van der Waals surface area contributed by atoms with E-state index >= 15 is 0 Å². The molecule has 0 radical (unpaired) electrons. The monoisotopic (exact) mass is 154 g/mol. The first-order valence-electron chi connectivity index (χ1n) is 4.13. The van der Waals surface area contributed by atoms with Crippen LogP contribution in [0.5, 0.6) is 0 Å². The fraction of sp³-hybridized carbons (Fsp3) is 0.875. The number of nitrogens with zero attached hydrogens (tertiary/aromatic N) is 1. The number of rotatable bonds is 6. The molecule has 0 heterocycles. The fourth-order valence-corrected chi connectivity index (χ4v) is 0.853. The van der Waals surface area contributed by atoms with Crippen LogP contribution < -0.4 is 5.32 Å². The minimum Gasteiger partial charge on any atom is -0.381 e. The van der Waals surface area contributed by atoms with E-state index in [4.69, 9.17) is 10.00 Å². The molecule has 0 atom stereocenters. The molecule has 0 aliphatic heterocycles. The van der Waals surface area contributed by atoms with E-state index in [9.17, 15) is 0 Å². The highest BCUT2D eigenvalue weighted by molar-refractivity contribution is 4.72. The zero-order chi connectivity index (χ0) is 7.94. The third-order valence-corrected chi connectivity index (χ3v) is 1.72. The summed E-state index contributed by atoms with van der Waals surface area (Å²) in [7, 11) is 0. The summed E-state index contributed by atoms with van der Waals surface area (Å²) in [5, 5.41) is 10.7. The molecule has 0 unspecified atom stereocenters. The van der Waals surface area contributed by atoms with Gasteiger partial charge in [0.05, 0.1) is 0 Å². The van der Waals surface area contributed by atoms with Gasteiger partial charge in [0.2, 0.25) is 0 Å². The van der Waals surface area contributed by atoms with Gasteiger partial charge in [-0.05, 0) is 25.2 Å². The smallest absolute Gasteiger partial charge is 0.176 e. The molecule has 0 amide bonds. The highest BCUT2D eigenvalue weighted by Crippen LogP contribution is 2.28. The number of hydrogen-bond donors (Lipinski definition) is 1. The van der Waals surface area contributed by atoms with E-state index < -0.39 is 0 Å². The Labute approximate surface area is 67.3 Å². The molecule has 0 aromatic carbocycles. The maximum absolute atomic E-state index is 8.12. The van der Waals surface area contributed by atoms with Gasteiger partial charge in [0, 0.05) is 19.8 Å². The van der Waals surface area contributed by atoms with Gasteiger partial charge in [-0.15, -0.1) is 0 Å². The number of nitrogens with one attached hydrogen (secondary N) is 1. The SMILES string of the molecule is N#CNCCCOCC1CC1. The van der Waals surface area contributed by atoms with Gasteiger partial charge in [-0.3, -0.25) is 0 Å². The van der Waals surface area contributed by atoms with E-state index in [2.05, 4.69) is 5.32 Å². The van der Waals surface area contributed by atoms with E-state index in [1.165, 1.54) is 12.8 Å². The van der Waals surface area contributed by atoms with Crippen LogP contribution in [0.3, 0.4) is 0 Å². The average molecular weight is 154 g/mol. The maximum atomic E-state index is 8.12. The van der Waals surface area contributed by atoms with Gasteiger partial charge in [0.1, 0.15) is 0 Å². The number of hydrogen-bond acceptors (Lipinski definition) is 3. The van der Waals surface area contributed by atoms with E-state index in [0.29, 0.717) is 0 Å². The lowest BCUT2D eigenvalue weighted by Gasteiger charge is -2.00. The minimum atomic E-state index is 0.737. The molecule has 0 aromatic rings. The summed E-state index contributed by atoms with van der Waals surface area (Å²) in [6.07, 6.45) is 5.49. The minimum absolute atomic E-state index is 0.737. The third-order valence-electron chi connectivity index (χ3n) is 1.72. The Kier molecular flexibility index (Phi) is 3.77. The van der Waals surface area contributed by atoms with Crippen LogP contribution in [0.25, 0.3) is 0 Å². The lowest BCUT2D eigenvalue weighted by Crippen LogP contribution is -2.10. The van der Waals surface area contributed by atoms with E-state index in [-0.39, 0.29) is 0 Å². The molecule has 62 valence electrons. The van der Waals surface area contributed by atoms with Crippen molar-refractivity contribution < 1.29 is 4.74 Å². The van der Waals surface area contributed by atoms with Crippen LogP contribution in [0.15, 0.2) is 0 Å². The first-order chi connectivity index (χ1) is 5.43. The standard InChI is InChI=1S/C8H14N2O/c9-7-10-4-1-5-11-6-8-2-3-8/h8,10H,1-6H2. The number of ether oxygens (including phenoxy) is 1. The molecule has 1 fully saturated rings. The van der Waals surface area contributed by atoms with Crippen molar-refractivity contribution in [2.45, 2.75) is 19.3 Å². The Morgan fingerprint density at radius 3 is 3.00 bits per heavy atom. The van der Waals surface area contributed by atoms with Crippen LogP contribution in [0.1, 0.15) is 19.3 Å². The topological polar surface area (TPSA) is 45.0 Å². The molecular weight excluding hydrogens is 140 g/mol. The van der Waals surface area contributed by atoms with Gasteiger partial charge >= 0.3 is 0 Å². The van der Waals surface area contributed by atoms with Crippen LogP contribution in [0, 0.1) is 17.4 Å². The fourth-order valence-electron chi connectivity index (χ4n) is 0.853. The van der Waals surface area contributed by atoms with Gasteiger partial charge < -0.3 is 10.1 Å². The summed E-state index contributed by atoms with van der Waals surface area (Å²) in [5.41, 5.74) is 0. The Balaban J connectivity index is 1.70. The zero-order valence-electron chi connectivity index (χ0n) is 6.68. The average Bonchev–Trinajstić information content (AvgIpc) is 2.80. The Bertz CT molecular complexity index is 138. The molecule has 3 nitrogen and oxygen atoms in total. The third kappa shape index (κ3) is 4.63. The highest BCUT2D eigenvalue weighted by atomic mass is 16.5. The van der Waals surface area contributed by atoms with E-state index in [0.717, 1.165) is 32.1 Å². The maximum Gasteiger partial charge on any atom is 0.176 e. The number of nitriles is 1. The molecule has 0 spiro atoms. The predicted molar refractivity (Wildman–Crippen MR) is 41.8 cm³/mol. The second kappa shape index (κ2) is 4.97. The summed E-state index contributed by atoms with van der Waals surface area (Å²) in [5.74, 6) is 0.846. The molecular formula is C8H14N2O. The molecule has 0 bridgehead atoms. The largest absolute Gasteiger partial charge is 0.381 e. The van der Waals surface area contributed by atoms with Gasteiger partial charge in [-0.25, -0.2) is 0 Å². The summed E-state index contributed by atoms with van der Waals surface area (Å²) in [6, 6.07) is 0. The second-order valence-electron chi connectivity index (χ2n) is 2.91. The van der Waals surface area contributed by atoms with Crippen molar-refractivity contribution in [1.29, 1.82) is 5.26 Å². The van der Waals surface area contributed by atoms with Crippen molar-refractivity contribution in [2.24, 2.45) is 5.92 Å². The lowest BCUT2D eigenvalue weighted by molar-refractivity contribution is 0.122. The molecule has 1 N–H and O–H groups in total. The highest BCUT2D eigenvalue weighted by Gasteiger charge is 2.20. The summed E-state index contributed by atoms with van der Waals surface area (Å²) in [4.78, 5) is 0. The predicted octanol–water partition coefficient (Wildman–Crippen LogP) is 0.874. The van der Waals surface area contributed by atoms with Crippen LogP contribution in [-0.4, -0.2) is 19.8 Å². The molecule has 1 aliphatic rings. The lowest BCUT2D eigenvalue weighted by atomic mass is 10.4. The normalized spacial score (nSPS) is 15.9. The van der Waals surface area contributed by atoms with Crippen LogP contribution in [0.2, 0.25) is 0 Å². The van der Waals surface area contributed by atoms with Crippen molar-refractivity contribution in [1.82, 2.24) is 5.32 Å². The molecule has 1 aliphatic carbocycles. The van der Waals surface area contributed by atoms with E-state index in [1.807, 2.05) is 6.19 Å². The van der Waals surface area contributed by atoms with Crippen molar-refractivity contribution in [3.8, 4) is 6.19 Å². The van der Waals surface area contributed by atoms with Crippen molar-refractivity contribution >= 4 is 0 Å². The summed E-state index contributed by atoms with van der Waals surface area (Å²) >= 11 is 0. The molecule has 0 aromatic heterocycles. The molecule has 3 heteroatoms. The second-order valence-corrected chi connectivity index (χ2v) is 2.91. The van der Waals surface area contributed by atoms with Crippen LogP contribution in [-0.2, 0) is 4.74 Å². The van der Waals surface area contributed by atoms with Gasteiger partial charge in [-0.2, -0.15) is 5.26 Å². The van der Waals surface area contributed by atoms with Gasteiger partial charge in [-0.1, -0.05) is 0 Å². The van der Waals surface area contributed by atoms with E-state index in [1.54, 1.807) is 0 Å². The Morgan fingerprint density at radius 1 is 1.55 bits per heavy atom. The molecule has 0 saturated heterocycles. The van der Waals surface area contributed by atoms with Crippen molar-refractivity contribution in [3.05, 3.63) is 0 Å². The van der Waals surface area contributed by atoms with Crippen molar-refractivity contribution in [2.75, 3.05) is 19.8 Å². The van der Waals surface area contributed by atoms with Crippen LogP contribution >= 0.6 is 0 Å². The van der Waals surface area contributed by atoms with Gasteiger partial charge in [0.15, 0.2) is 6.19 Å². The summed E-state index contributed by atoms with van der Waals surface area (Å²) in [6.45, 7) is 2.44. The van der Waals surface area contributed by atoms with Gasteiger partial charge in [0.25, 0.3) is 0 Å². The molecule has 1 rings (SSSR count). The first kappa shape index (κ1) is 8.35. The molecule has 1 saturated carbocycles. The summed E-state index contributed by atoms with van der Waals surface area (Å²) < 4.78 is 5.35. The van der Waals surface area contributed by atoms with Crippen molar-refractivity contribution in [3.63, 3.8) is 0 Å². The molecule has 11 heavy (non-hydrogen) atoms. The Hall–Kier alpha value is -0.750. The zero-order valence-corrected chi connectivity index (χ0v) is 6.68. The van der Waals surface area contributed by atoms with Crippen LogP contribution in [0.4, 0.5) is 0 Å². The quantitative estimate of drug-likeness (QED) is 0.351. The Morgan fingerprint density at radius 2 is 2.36 bits per heavy atom.